The molecule has 1 atom stereocenters. The topological polar surface area (TPSA) is 21.8 Å². The van der Waals surface area contributed by atoms with Crippen molar-refractivity contribution < 1.29 is 9.47 Å². The molecule has 20 heavy (non-hydrogen) atoms. The molecule has 1 aliphatic rings. The minimum atomic E-state index is 0.260. The second-order valence-electron chi connectivity index (χ2n) is 4.99. The van der Waals surface area contributed by atoms with Crippen LogP contribution >= 0.6 is 0 Å². The lowest BCUT2D eigenvalue weighted by Crippen LogP contribution is -2.08. The van der Waals surface area contributed by atoms with Crippen molar-refractivity contribution >= 4 is 0 Å². The lowest BCUT2D eigenvalue weighted by Gasteiger charge is -2.16. The molecule has 0 amide bonds. The first kappa shape index (κ1) is 14.6. The van der Waals surface area contributed by atoms with Crippen LogP contribution in [0.5, 0.6) is 5.75 Å². The molecule has 2 heteroatoms. The Hall–Kier alpha value is -1.80. The smallest absolute Gasteiger partial charge is 0.126 e. The fourth-order valence-electron chi connectivity index (χ4n) is 2.25. The van der Waals surface area contributed by atoms with Gasteiger partial charge in [0.05, 0.1) is 6.61 Å². The van der Waals surface area contributed by atoms with Gasteiger partial charge in [0.25, 0.3) is 0 Å². The Morgan fingerprint density at radius 2 is 1.60 bits per heavy atom. The molecule has 1 aromatic rings. The van der Waals surface area contributed by atoms with Crippen molar-refractivity contribution in [1.82, 2.24) is 0 Å². The van der Waals surface area contributed by atoms with E-state index in [4.69, 9.17) is 9.47 Å². The summed E-state index contributed by atoms with van der Waals surface area (Å²) in [5.74, 6) is 0.966. The molecular weight excluding hydrogens is 248 g/mol. The maximum atomic E-state index is 5.98. The highest BCUT2D eigenvalue weighted by molar-refractivity contribution is 5.47. The number of benzene rings is 1. The number of hydrogen-bond acceptors (Lipinski definition) is 2. The largest absolute Gasteiger partial charge is 0.490 e. The molecule has 1 aromatic carbocycles. The second kappa shape index (κ2) is 7.11. The first-order valence-electron chi connectivity index (χ1n) is 7.00. The average Bonchev–Trinajstić information content (AvgIpc) is 3.23. The van der Waals surface area contributed by atoms with Gasteiger partial charge < -0.3 is 9.47 Å². The minimum Gasteiger partial charge on any atom is -0.490 e. The number of epoxide rings is 1. The molecule has 106 valence electrons. The number of allylic oxidation sites excluding steroid dienone is 3. The van der Waals surface area contributed by atoms with Crippen molar-refractivity contribution in [2.75, 3.05) is 13.2 Å². The lowest BCUT2D eigenvalue weighted by atomic mass is 9.98. The zero-order chi connectivity index (χ0) is 14.4. The second-order valence-corrected chi connectivity index (χ2v) is 4.99. The zero-order valence-corrected chi connectivity index (χ0v) is 11.9. The maximum absolute atomic E-state index is 5.98. The van der Waals surface area contributed by atoms with Crippen LogP contribution in [-0.2, 0) is 24.0 Å². The van der Waals surface area contributed by atoms with E-state index in [0.29, 0.717) is 6.61 Å². The van der Waals surface area contributed by atoms with Gasteiger partial charge in [0, 0.05) is 0 Å². The normalized spacial score (nSPS) is 16.5. The summed E-state index contributed by atoms with van der Waals surface area (Å²) in [4.78, 5) is 0. The van der Waals surface area contributed by atoms with Gasteiger partial charge in [0.1, 0.15) is 18.5 Å². The van der Waals surface area contributed by atoms with Crippen LogP contribution in [0.15, 0.2) is 50.1 Å². The van der Waals surface area contributed by atoms with E-state index in [1.807, 2.05) is 18.2 Å². The van der Waals surface area contributed by atoms with Crippen LogP contribution in [-0.4, -0.2) is 19.3 Å². The quantitative estimate of drug-likeness (QED) is 0.504. The molecule has 1 fully saturated rings. The van der Waals surface area contributed by atoms with Crippen LogP contribution in [0.4, 0.5) is 0 Å². The van der Waals surface area contributed by atoms with Crippen LogP contribution in [0.25, 0.3) is 0 Å². The molecule has 0 radical (unpaired) electrons. The Balaban J connectivity index is 2.32. The van der Waals surface area contributed by atoms with E-state index in [1.54, 1.807) is 0 Å². The van der Waals surface area contributed by atoms with Crippen LogP contribution in [0, 0.1) is 0 Å². The molecule has 0 saturated carbocycles. The standard InChI is InChI=1S/C18H22O2/c1-4-7-14-10-15(8-5-2)18(16(11-14)9-6-3)20-13-17-12-19-17/h4-6,10-11,17H,1-3,7-9,12-13H2. The van der Waals surface area contributed by atoms with Crippen molar-refractivity contribution in [2.24, 2.45) is 0 Å². The van der Waals surface area contributed by atoms with E-state index in [1.165, 1.54) is 16.7 Å². The Morgan fingerprint density at radius 1 is 1.05 bits per heavy atom. The molecule has 1 aliphatic heterocycles. The Labute approximate surface area is 121 Å². The summed E-state index contributed by atoms with van der Waals surface area (Å²) < 4.78 is 11.2. The fraction of sp³-hybridized carbons (Fsp3) is 0.333. The summed E-state index contributed by atoms with van der Waals surface area (Å²) in [7, 11) is 0. The third kappa shape index (κ3) is 3.84. The zero-order valence-electron chi connectivity index (χ0n) is 11.9. The SMILES string of the molecule is C=CCc1cc(CC=C)c(OCC2CO2)c(CC=C)c1. The molecule has 2 rings (SSSR count). The molecule has 2 nitrogen and oxygen atoms in total. The molecule has 1 heterocycles. The molecule has 1 unspecified atom stereocenters. The first-order valence-corrected chi connectivity index (χ1v) is 7.00. The molecular formula is C18H22O2. The van der Waals surface area contributed by atoms with Gasteiger partial charge in [0.15, 0.2) is 0 Å². The van der Waals surface area contributed by atoms with E-state index in [0.717, 1.165) is 31.6 Å². The van der Waals surface area contributed by atoms with Crippen LogP contribution in [0.3, 0.4) is 0 Å². The van der Waals surface area contributed by atoms with Gasteiger partial charge in [-0.2, -0.15) is 0 Å². The van der Waals surface area contributed by atoms with Crippen molar-refractivity contribution in [3.63, 3.8) is 0 Å². The summed E-state index contributed by atoms with van der Waals surface area (Å²) in [5, 5.41) is 0. The summed E-state index contributed by atoms with van der Waals surface area (Å²) >= 11 is 0. The Morgan fingerprint density at radius 3 is 2.05 bits per heavy atom. The van der Waals surface area contributed by atoms with Gasteiger partial charge >= 0.3 is 0 Å². The van der Waals surface area contributed by atoms with Crippen LogP contribution < -0.4 is 4.74 Å². The summed E-state index contributed by atoms with van der Waals surface area (Å²) in [6.07, 6.45) is 8.46. The summed E-state index contributed by atoms with van der Waals surface area (Å²) in [6, 6.07) is 4.36. The Bertz CT molecular complexity index is 467. The van der Waals surface area contributed by atoms with Crippen molar-refractivity contribution in [1.29, 1.82) is 0 Å². The van der Waals surface area contributed by atoms with E-state index in [9.17, 15) is 0 Å². The van der Waals surface area contributed by atoms with Gasteiger partial charge in [-0.25, -0.2) is 0 Å². The lowest BCUT2D eigenvalue weighted by molar-refractivity contribution is 0.259. The predicted octanol–water partition coefficient (Wildman–Crippen LogP) is 3.65. The molecule has 0 spiro atoms. The molecule has 0 aromatic heterocycles. The van der Waals surface area contributed by atoms with Gasteiger partial charge in [-0.05, 0) is 36.0 Å². The van der Waals surface area contributed by atoms with E-state index >= 15 is 0 Å². The van der Waals surface area contributed by atoms with Gasteiger partial charge in [-0.3, -0.25) is 0 Å². The Kier molecular flexibility index (Phi) is 5.19. The molecule has 1 saturated heterocycles. The maximum Gasteiger partial charge on any atom is 0.126 e. The molecule has 0 bridgehead atoms. The van der Waals surface area contributed by atoms with Crippen LogP contribution in [0.1, 0.15) is 16.7 Å². The predicted molar refractivity (Wildman–Crippen MR) is 83.4 cm³/mol. The third-order valence-electron chi connectivity index (χ3n) is 3.23. The fourth-order valence-corrected chi connectivity index (χ4v) is 2.25. The highest BCUT2D eigenvalue weighted by Crippen LogP contribution is 2.29. The van der Waals surface area contributed by atoms with Crippen molar-refractivity contribution in [2.45, 2.75) is 25.4 Å². The molecule has 0 aliphatic carbocycles. The number of ether oxygens (including phenoxy) is 2. The van der Waals surface area contributed by atoms with Crippen molar-refractivity contribution in [3.8, 4) is 5.75 Å². The number of rotatable bonds is 9. The third-order valence-corrected chi connectivity index (χ3v) is 3.23. The van der Waals surface area contributed by atoms with Gasteiger partial charge in [-0.1, -0.05) is 30.4 Å². The average molecular weight is 270 g/mol. The van der Waals surface area contributed by atoms with E-state index < -0.39 is 0 Å². The van der Waals surface area contributed by atoms with Gasteiger partial charge in [-0.15, -0.1) is 19.7 Å². The van der Waals surface area contributed by atoms with E-state index in [2.05, 4.69) is 31.9 Å². The van der Waals surface area contributed by atoms with Crippen molar-refractivity contribution in [3.05, 3.63) is 66.8 Å². The highest BCUT2D eigenvalue weighted by Gasteiger charge is 2.24. The van der Waals surface area contributed by atoms with E-state index in [-0.39, 0.29) is 6.10 Å². The summed E-state index contributed by atoms with van der Waals surface area (Å²) in [6.45, 7) is 12.9. The van der Waals surface area contributed by atoms with Crippen LogP contribution in [0.2, 0.25) is 0 Å². The molecule has 0 N–H and O–H groups in total. The van der Waals surface area contributed by atoms with Gasteiger partial charge in [0.2, 0.25) is 0 Å². The number of hydrogen-bond donors (Lipinski definition) is 0. The first-order chi connectivity index (χ1) is 9.78. The highest BCUT2D eigenvalue weighted by atomic mass is 16.6. The monoisotopic (exact) mass is 270 g/mol. The summed E-state index contributed by atoms with van der Waals surface area (Å²) in [5.41, 5.74) is 3.61. The minimum absolute atomic E-state index is 0.260.